The molecule has 2 aromatic rings. The van der Waals surface area contributed by atoms with Crippen molar-refractivity contribution in [2.24, 2.45) is 5.10 Å². The van der Waals surface area contributed by atoms with Gasteiger partial charge in [0, 0.05) is 30.2 Å². The summed E-state index contributed by atoms with van der Waals surface area (Å²) in [6.07, 6.45) is -0.738. The highest BCUT2D eigenvalue weighted by Gasteiger charge is 2.33. The van der Waals surface area contributed by atoms with Crippen molar-refractivity contribution in [3.63, 3.8) is 0 Å². The Labute approximate surface area is 143 Å². The monoisotopic (exact) mass is 341 g/mol. The maximum Gasteiger partial charge on any atom is 0.270 e. The molecule has 0 spiro atoms. The maximum absolute atomic E-state index is 11.9. The number of benzene rings is 2. The summed E-state index contributed by atoms with van der Waals surface area (Å²) in [6.45, 7) is 1.37. The largest absolute Gasteiger partial charge is 0.497 e. The first-order chi connectivity index (χ1) is 12.0. The van der Waals surface area contributed by atoms with Crippen LogP contribution in [-0.2, 0) is 9.53 Å². The average molecular weight is 341 g/mol. The molecule has 3 rings (SSSR count). The Kier molecular flexibility index (Phi) is 4.34. The highest BCUT2D eigenvalue weighted by Crippen LogP contribution is 2.31. The first-order valence-electron chi connectivity index (χ1n) is 7.43. The molecule has 1 unspecified atom stereocenters. The number of methoxy groups -OCH3 is 1. The molecular weight excluding hydrogens is 326 g/mol. The number of nitro groups is 1. The Morgan fingerprint density at radius 1 is 1.28 bits per heavy atom. The van der Waals surface area contributed by atoms with Gasteiger partial charge in [0.2, 0.25) is 18.0 Å². The third-order valence-corrected chi connectivity index (χ3v) is 3.67. The number of carbonyl (C=O) groups is 1. The van der Waals surface area contributed by atoms with Gasteiger partial charge in [0.1, 0.15) is 5.75 Å². The average Bonchev–Trinajstić information content (AvgIpc) is 3.07. The summed E-state index contributed by atoms with van der Waals surface area (Å²) < 4.78 is 10.9. The lowest BCUT2D eigenvalue weighted by Gasteiger charge is -2.19. The molecule has 128 valence electrons. The fourth-order valence-corrected chi connectivity index (χ4v) is 2.42. The Bertz CT molecular complexity index is 848. The number of nitro benzene ring substituents is 1. The topological polar surface area (TPSA) is 94.3 Å². The van der Waals surface area contributed by atoms with Crippen molar-refractivity contribution < 1.29 is 19.2 Å². The lowest BCUT2D eigenvalue weighted by molar-refractivity contribution is -0.384. The second kappa shape index (κ2) is 6.60. The third-order valence-electron chi connectivity index (χ3n) is 3.67. The summed E-state index contributed by atoms with van der Waals surface area (Å²) in [5.41, 5.74) is 1.06. The Balaban J connectivity index is 1.92. The number of carbonyl (C=O) groups excluding carboxylic acids is 1. The van der Waals surface area contributed by atoms with Crippen molar-refractivity contribution in [2.45, 2.75) is 13.2 Å². The van der Waals surface area contributed by atoms with E-state index in [9.17, 15) is 14.9 Å². The second-order valence-corrected chi connectivity index (χ2v) is 5.32. The maximum atomic E-state index is 11.9. The van der Waals surface area contributed by atoms with Crippen LogP contribution in [0.3, 0.4) is 0 Å². The van der Waals surface area contributed by atoms with Crippen molar-refractivity contribution in [3.05, 3.63) is 69.8 Å². The molecular formula is C17H15N3O5. The standard InChI is InChI=1S/C17H15N3O5/c1-11(21)19-17(12-6-8-15(24-2)9-7-12)25-16(18-19)13-4-3-5-14(10-13)20(22)23/h3-10,17H,1-2H3. The summed E-state index contributed by atoms with van der Waals surface area (Å²) in [5, 5.41) is 16.3. The summed E-state index contributed by atoms with van der Waals surface area (Å²) in [5.74, 6) is 0.525. The quantitative estimate of drug-likeness (QED) is 0.629. The molecule has 8 heteroatoms. The van der Waals surface area contributed by atoms with Gasteiger partial charge in [0.05, 0.1) is 12.0 Å². The number of hydrazone groups is 1. The number of non-ortho nitro benzene ring substituents is 1. The molecule has 0 saturated heterocycles. The van der Waals surface area contributed by atoms with Gasteiger partial charge in [0.15, 0.2) is 0 Å². The fourth-order valence-electron chi connectivity index (χ4n) is 2.42. The number of amides is 1. The second-order valence-electron chi connectivity index (χ2n) is 5.32. The van der Waals surface area contributed by atoms with Gasteiger partial charge in [-0.3, -0.25) is 14.9 Å². The van der Waals surface area contributed by atoms with E-state index in [4.69, 9.17) is 9.47 Å². The normalized spacial score (nSPS) is 16.2. The van der Waals surface area contributed by atoms with Crippen LogP contribution < -0.4 is 4.74 Å². The number of hydrogen-bond donors (Lipinski definition) is 0. The first kappa shape index (κ1) is 16.4. The molecule has 0 N–H and O–H groups in total. The lowest BCUT2D eigenvalue weighted by Crippen LogP contribution is -2.25. The van der Waals surface area contributed by atoms with Gasteiger partial charge in [-0.05, 0) is 30.3 Å². The van der Waals surface area contributed by atoms with Gasteiger partial charge in [0.25, 0.3) is 5.69 Å². The van der Waals surface area contributed by atoms with E-state index in [0.29, 0.717) is 16.9 Å². The lowest BCUT2D eigenvalue weighted by atomic mass is 10.2. The van der Waals surface area contributed by atoms with Crippen molar-refractivity contribution in [3.8, 4) is 5.75 Å². The highest BCUT2D eigenvalue weighted by molar-refractivity contribution is 5.96. The SMILES string of the molecule is COc1ccc(C2OC(c3cccc([N+](=O)[O-])c3)=NN2C(C)=O)cc1. The van der Waals surface area contributed by atoms with E-state index < -0.39 is 11.2 Å². The fraction of sp³-hybridized carbons (Fsp3) is 0.176. The van der Waals surface area contributed by atoms with Crippen LogP contribution in [0.15, 0.2) is 53.6 Å². The molecule has 2 aromatic carbocycles. The number of ether oxygens (including phenoxy) is 2. The van der Waals surface area contributed by atoms with Crippen LogP contribution in [0.2, 0.25) is 0 Å². The van der Waals surface area contributed by atoms with Crippen LogP contribution in [0.1, 0.15) is 24.3 Å². The Morgan fingerprint density at radius 3 is 2.60 bits per heavy atom. The van der Waals surface area contributed by atoms with Gasteiger partial charge in [-0.15, -0.1) is 5.10 Å². The molecule has 0 bridgehead atoms. The van der Waals surface area contributed by atoms with E-state index in [1.807, 2.05) is 0 Å². The molecule has 0 radical (unpaired) electrons. The summed E-state index contributed by atoms with van der Waals surface area (Å²) >= 11 is 0. The number of hydrogen-bond acceptors (Lipinski definition) is 6. The summed E-state index contributed by atoms with van der Waals surface area (Å²) in [7, 11) is 1.56. The van der Waals surface area contributed by atoms with Crippen molar-refractivity contribution >= 4 is 17.5 Å². The first-order valence-corrected chi connectivity index (χ1v) is 7.43. The Hall–Kier alpha value is -3.42. The van der Waals surface area contributed by atoms with Crippen molar-refractivity contribution in [1.29, 1.82) is 0 Å². The minimum Gasteiger partial charge on any atom is -0.497 e. The van der Waals surface area contributed by atoms with E-state index in [-0.39, 0.29) is 17.5 Å². The zero-order valence-electron chi connectivity index (χ0n) is 13.6. The molecule has 0 aromatic heterocycles. The van der Waals surface area contributed by atoms with Gasteiger partial charge in [-0.1, -0.05) is 6.07 Å². The van der Waals surface area contributed by atoms with E-state index in [2.05, 4.69) is 5.10 Å². The van der Waals surface area contributed by atoms with E-state index in [0.717, 1.165) is 0 Å². The molecule has 1 aliphatic rings. The molecule has 8 nitrogen and oxygen atoms in total. The van der Waals surface area contributed by atoms with Gasteiger partial charge in [-0.25, -0.2) is 0 Å². The minimum atomic E-state index is -0.738. The van der Waals surface area contributed by atoms with Crippen LogP contribution in [0.4, 0.5) is 5.69 Å². The van der Waals surface area contributed by atoms with Crippen LogP contribution in [0.25, 0.3) is 0 Å². The molecule has 1 heterocycles. The van der Waals surface area contributed by atoms with E-state index in [1.54, 1.807) is 37.4 Å². The predicted octanol–water partition coefficient (Wildman–Crippen LogP) is 2.84. The van der Waals surface area contributed by atoms with E-state index >= 15 is 0 Å². The van der Waals surface area contributed by atoms with Crippen molar-refractivity contribution in [2.75, 3.05) is 7.11 Å². The van der Waals surface area contributed by atoms with Crippen molar-refractivity contribution in [1.82, 2.24) is 5.01 Å². The minimum absolute atomic E-state index is 0.0777. The molecule has 1 aliphatic heterocycles. The van der Waals surface area contributed by atoms with Crippen LogP contribution >= 0.6 is 0 Å². The number of nitrogens with zero attached hydrogens (tertiary/aromatic N) is 3. The van der Waals surface area contributed by atoms with E-state index in [1.165, 1.54) is 30.1 Å². The van der Waals surface area contributed by atoms with Crippen LogP contribution in [0.5, 0.6) is 5.75 Å². The smallest absolute Gasteiger partial charge is 0.270 e. The molecule has 0 aliphatic carbocycles. The van der Waals surface area contributed by atoms with Gasteiger partial charge >= 0.3 is 0 Å². The predicted molar refractivity (Wildman–Crippen MR) is 89.0 cm³/mol. The molecule has 1 amide bonds. The third kappa shape index (κ3) is 3.27. The molecule has 0 saturated carbocycles. The summed E-state index contributed by atoms with van der Waals surface area (Å²) in [6, 6.07) is 13.0. The van der Waals surface area contributed by atoms with Crippen LogP contribution in [0, 0.1) is 10.1 Å². The van der Waals surface area contributed by atoms with Crippen LogP contribution in [-0.4, -0.2) is 28.8 Å². The summed E-state index contributed by atoms with van der Waals surface area (Å²) in [4.78, 5) is 22.3. The number of rotatable bonds is 4. The van der Waals surface area contributed by atoms with Gasteiger partial charge in [-0.2, -0.15) is 5.01 Å². The molecule has 0 fully saturated rings. The highest BCUT2D eigenvalue weighted by atomic mass is 16.6. The van der Waals surface area contributed by atoms with Gasteiger partial charge < -0.3 is 9.47 Å². The zero-order valence-corrected chi connectivity index (χ0v) is 13.6. The zero-order chi connectivity index (χ0) is 18.0. The molecule has 1 atom stereocenters. The molecule has 25 heavy (non-hydrogen) atoms. The Morgan fingerprint density at radius 2 is 2.00 bits per heavy atom.